The molecule has 1 rings (SSSR count). The molecule has 7 heteroatoms. The van der Waals surface area contributed by atoms with Crippen LogP contribution >= 0.6 is 0 Å². The predicted octanol–water partition coefficient (Wildman–Crippen LogP) is 1.75. The molecule has 0 unspecified atom stereocenters. The Balaban J connectivity index is 2.58. The molecule has 0 aliphatic rings. The van der Waals surface area contributed by atoms with E-state index < -0.39 is 17.9 Å². The minimum absolute atomic E-state index is 0.126. The first-order chi connectivity index (χ1) is 10.7. The minimum atomic E-state index is -1.02. The predicted molar refractivity (Wildman–Crippen MR) is 87.4 cm³/mol. The van der Waals surface area contributed by atoms with E-state index in [1.165, 1.54) is 4.90 Å². The number of nitrogens with zero attached hydrogens (tertiary/aromatic N) is 1. The first-order valence-electron chi connectivity index (χ1n) is 7.33. The lowest BCUT2D eigenvalue weighted by atomic mass is 10.1. The molecule has 0 fully saturated rings. The highest BCUT2D eigenvalue weighted by Gasteiger charge is 2.18. The van der Waals surface area contributed by atoms with Gasteiger partial charge in [0.15, 0.2) is 0 Å². The van der Waals surface area contributed by atoms with Gasteiger partial charge in [0, 0.05) is 11.7 Å². The van der Waals surface area contributed by atoms with Crippen LogP contribution in [0, 0.1) is 13.8 Å². The van der Waals surface area contributed by atoms with E-state index in [4.69, 9.17) is 5.11 Å². The number of benzene rings is 1. The maximum atomic E-state index is 11.9. The quantitative estimate of drug-likeness (QED) is 0.741. The van der Waals surface area contributed by atoms with E-state index in [1.807, 2.05) is 26.0 Å². The second-order valence-electron chi connectivity index (χ2n) is 5.71. The number of carbonyl (C=O) groups is 3. The summed E-state index contributed by atoms with van der Waals surface area (Å²) in [6, 6.07) is 4.78. The van der Waals surface area contributed by atoms with Gasteiger partial charge in [0.25, 0.3) is 0 Å². The van der Waals surface area contributed by atoms with E-state index >= 15 is 0 Å². The summed E-state index contributed by atoms with van der Waals surface area (Å²) in [5, 5.41) is 13.6. The molecule has 0 atom stereocenters. The Morgan fingerprint density at radius 2 is 1.83 bits per heavy atom. The molecule has 0 saturated carbocycles. The molecule has 0 aliphatic heterocycles. The molecule has 1 aromatic rings. The van der Waals surface area contributed by atoms with Gasteiger partial charge in [-0.15, -0.1) is 0 Å². The Hall–Kier alpha value is -2.41. The molecule has 23 heavy (non-hydrogen) atoms. The Morgan fingerprint density at radius 3 is 2.35 bits per heavy atom. The van der Waals surface area contributed by atoms with Crippen LogP contribution in [0.25, 0.3) is 0 Å². The number of anilines is 1. The number of amides is 3. The molecule has 1 aromatic carbocycles. The molecule has 0 spiro atoms. The number of carboxylic acid groups (broad SMARTS) is 1. The van der Waals surface area contributed by atoms with Crippen molar-refractivity contribution in [3.63, 3.8) is 0 Å². The Morgan fingerprint density at radius 1 is 1.17 bits per heavy atom. The molecular weight excluding hydrogens is 298 g/mol. The summed E-state index contributed by atoms with van der Waals surface area (Å²) in [5.41, 5.74) is 2.58. The lowest BCUT2D eigenvalue weighted by Crippen LogP contribution is -2.45. The minimum Gasteiger partial charge on any atom is -0.480 e. The van der Waals surface area contributed by atoms with Crippen molar-refractivity contribution in [1.82, 2.24) is 10.2 Å². The maximum absolute atomic E-state index is 11.9. The first kappa shape index (κ1) is 18.6. The largest absolute Gasteiger partial charge is 0.480 e. The van der Waals surface area contributed by atoms with Gasteiger partial charge < -0.3 is 10.4 Å². The third-order valence-electron chi connectivity index (χ3n) is 3.30. The van der Waals surface area contributed by atoms with Crippen LogP contribution in [0.4, 0.5) is 10.5 Å². The number of rotatable bonds is 6. The third-order valence-corrected chi connectivity index (χ3v) is 3.30. The van der Waals surface area contributed by atoms with E-state index in [-0.39, 0.29) is 19.1 Å². The van der Waals surface area contributed by atoms with Gasteiger partial charge >= 0.3 is 12.0 Å². The van der Waals surface area contributed by atoms with Crippen LogP contribution in [0.2, 0.25) is 0 Å². The lowest BCUT2D eigenvalue weighted by Gasteiger charge is -2.23. The van der Waals surface area contributed by atoms with E-state index in [1.54, 1.807) is 19.9 Å². The van der Waals surface area contributed by atoms with Crippen LogP contribution in [0.5, 0.6) is 0 Å². The molecule has 0 heterocycles. The Bertz CT molecular complexity index is 599. The number of aliphatic carboxylic acids is 1. The van der Waals surface area contributed by atoms with E-state index in [0.29, 0.717) is 5.69 Å². The smallest absolute Gasteiger partial charge is 0.325 e. The number of carbonyl (C=O) groups excluding carboxylic acids is 2. The van der Waals surface area contributed by atoms with Crippen LogP contribution in [0.15, 0.2) is 18.2 Å². The highest BCUT2D eigenvalue weighted by atomic mass is 16.4. The number of hydrogen-bond donors (Lipinski definition) is 3. The molecule has 126 valence electrons. The van der Waals surface area contributed by atoms with Gasteiger partial charge in [0.05, 0.1) is 13.1 Å². The van der Waals surface area contributed by atoms with Crippen LogP contribution in [-0.2, 0) is 9.59 Å². The van der Waals surface area contributed by atoms with Crippen molar-refractivity contribution in [2.75, 3.05) is 18.4 Å². The average molecular weight is 321 g/mol. The Labute approximate surface area is 135 Å². The van der Waals surface area contributed by atoms with E-state index in [2.05, 4.69) is 10.6 Å². The molecule has 7 nitrogen and oxygen atoms in total. The molecule has 0 bridgehead atoms. The summed E-state index contributed by atoms with van der Waals surface area (Å²) in [6.07, 6.45) is 0. The number of carboxylic acids is 1. The van der Waals surface area contributed by atoms with Crippen LogP contribution in [0.3, 0.4) is 0 Å². The van der Waals surface area contributed by atoms with Crippen molar-refractivity contribution in [2.45, 2.75) is 33.7 Å². The molecule has 0 radical (unpaired) electrons. The zero-order valence-corrected chi connectivity index (χ0v) is 13.8. The van der Waals surface area contributed by atoms with Crippen molar-refractivity contribution in [1.29, 1.82) is 0 Å². The van der Waals surface area contributed by atoms with Crippen molar-refractivity contribution in [3.8, 4) is 0 Å². The summed E-state index contributed by atoms with van der Waals surface area (Å²) >= 11 is 0. The summed E-state index contributed by atoms with van der Waals surface area (Å²) in [4.78, 5) is 36.0. The van der Waals surface area contributed by atoms with Crippen LogP contribution in [-0.4, -0.2) is 47.0 Å². The topological polar surface area (TPSA) is 98.7 Å². The average Bonchev–Trinajstić information content (AvgIpc) is 2.40. The number of imide groups is 1. The van der Waals surface area contributed by atoms with E-state index in [9.17, 15) is 14.4 Å². The number of hydrogen-bond acceptors (Lipinski definition) is 4. The van der Waals surface area contributed by atoms with E-state index in [0.717, 1.165) is 11.1 Å². The summed E-state index contributed by atoms with van der Waals surface area (Å²) in [5.74, 6) is -1.58. The van der Waals surface area contributed by atoms with Crippen LogP contribution in [0.1, 0.15) is 25.0 Å². The molecular formula is C16H23N3O4. The zero-order valence-electron chi connectivity index (χ0n) is 13.8. The van der Waals surface area contributed by atoms with Crippen molar-refractivity contribution in [2.24, 2.45) is 0 Å². The molecule has 3 N–H and O–H groups in total. The highest BCUT2D eigenvalue weighted by Crippen LogP contribution is 2.15. The number of urea groups is 1. The number of aryl methyl sites for hydroxylation is 2. The fraction of sp³-hybridized carbons (Fsp3) is 0.438. The second kappa shape index (κ2) is 8.28. The van der Waals surface area contributed by atoms with Gasteiger partial charge in [-0.05, 0) is 39.3 Å². The maximum Gasteiger partial charge on any atom is 0.325 e. The van der Waals surface area contributed by atoms with Gasteiger partial charge in [0.2, 0.25) is 5.91 Å². The first-order valence-corrected chi connectivity index (χ1v) is 7.33. The van der Waals surface area contributed by atoms with Crippen molar-refractivity contribution >= 4 is 23.6 Å². The van der Waals surface area contributed by atoms with Gasteiger partial charge in [0.1, 0.15) is 0 Å². The number of nitrogens with one attached hydrogen (secondary N) is 2. The van der Waals surface area contributed by atoms with Gasteiger partial charge in [-0.3, -0.25) is 19.8 Å². The normalized spacial score (nSPS) is 10.7. The van der Waals surface area contributed by atoms with Crippen molar-refractivity contribution < 1.29 is 19.5 Å². The summed E-state index contributed by atoms with van der Waals surface area (Å²) in [7, 11) is 0. The van der Waals surface area contributed by atoms with Crippen molar-refractivity contribution in [3.05, 3.63) is 29.3 Å². The zero-order chi connectivity index (χ0) is 17.6. The van der Waals surface area contributed by atoms with Crippen LogP contribution < -0.4 is 10.6 Å². The lowest BCUT2D eigenvalue weighted by molar-refractivity contribution is -0.139. The monoisotopic (exact) mass is 321 g/mol. The summed E-state index contributed by atoms with van der Waals surface area (Å²) < 4.78 is 0. The van der Waals surface area contributed by atoms with Gasteiger partial charge in [-0.1, -0.05) is 17.7 Å². The Kier molecular flexibility index (Phi) is 6.71. The van der Waals surface area contributed by atoms with Gasteiger partial charge in [-0.2, -0.15) is 0 Å². The van der Waals surface area contributed by atoms with Gasteiger partial charge in [-0.25, -0.2) is 4.79 Å². The SMILES string of the molecule is Cc1ccc(NC(=O)NC(=O)CN(CC(=O)O)C(C)C)c(C)c1. The standard InChI is InChI=1S/C16H23N3O4/c1-10(2)19(9-15(21)22)8-14(20)18-16(23)17-13-6-5-11(3)7-12(13)4/h5-7,10H,8-9H2,1-4H3,(H,21,22)(H2,17,18,20,23). The molecule has 0 saturated heterocycles. The molecule has 0 aliphatic carbocycles. The molecule has 3 amide bonds. The molecule has 0 aromatic heterocycles. The highest BCUT2D eigenvalue weighted by molar-refractivity contribution is 6.02. The second-order valence-corrected chi connectivity index (χ2v) is 5.71. The third kappa shape index (κ3) is 6.48. The fourth-order valence-corrected chi connectivity index (χ4v) is 2.05. The summed E-state index contributed by atoms with van der Waals surface area (Å²) in [6.45, 7) is 6.95. The fourth-order valence-electron chi connectivity index (χ4n) is 2.05.